The van der Waals surface area contributed by atoms with Crippen LogP contribution in [0.2, 0.25) is 0 Å². The highest BCUT2D eigenvalue weighted by Crippen LogP contribution is 2.39. The molecule has 0 radical (unpaired) electrons. The van der Waals surface area contributed by atoms with Crippen LogP contribution in [0.15, 0.2) is 0 Å². The predicted octanol–water partition coefficient (Wildman–Crippen LogP) is 2.31. The summed E-state index contributed by atoms with van der Waals surface area (Å²) in [5.74, 6) is 1.06. The Balaban J connectivity index is 1.99. The SMILES string of the molecule is CC[C@H]1CC[C@]2(CCCC2=O)OC1. The molecule has 2 fully saturated rings. The van der Waals surface area contributed by atoms with Crippen molar-refractivity contribution in [3.05, 3.63) is 0 Å². The monoisotopic (exact) mass is 182 g/mol. The normalized spacial score (nSPS) is 40.1. The predicted molar refractivity (Wildman–Crippen MR) is 50.6 cm³/mol. The maximum absolute atomic E-state index is 11.6. The summed E-state index contributed by atoms with van der Waals surface area (Å²) in [6, 6.07) is 0. The minimum absolute atomic E-state index is 0.328. The van der Waals surface area contributed by atoms with Gasteiger partial charge in [0.25, 0.3) is 0 Å². The van der Waals surface area contributed by atoms with Gasteiger partial charge in [0.15, 0.2) is 5.78 Å². The van der Waals surface area contributed by atoms with Gasteiger partial charge in [0.2, 0.25) is 0 Å². The average molecular weight is 182 g/mol. The van der Waals surface area contributed by atoms with Crippen molar-refractivity contribution < 1.29 is 9.53 Å². The Morgan fingerprint density at radius 2 is 2.38 bits per heavy atom. The maximum atomic E-state index is 11.6. The maximum Gasteiger partial charge on any atom is 0.164 e. The number of ether oxygens (including phenoxy) is 1. The summed E-state index contributed by atoms with van der Waals surface area (Å²) in [4.78, 5) is 11.6. The van der Waals surface area contributed by atoms with Gasteiger partial charge < -0.3 is 4.74 Å². The molecule has 2 nitrogen and oxygen atoms in total. The van der Waals surface area contributed by atoms with Gasteiger partial charge in [-0.15, -0.1) is 0 Å². The van der Waals surface area contributed by atoms with Crippen LogP contribution in [0.5, 0.6) is 0 Å². The average Bonchev–Trinajstić information content (AvgIpc) is 2.50. The van der Waals surface area contributed by atoms with E-state index in [4.69, 9.17) is 4.74 Å². The van der Waals surface area contributed by atoms with Gasteiger partial charge in [-0.05, 0) is 31.6 Å². The highest BCUT2D eigenvalue weighted by atomic mass is 16.5. The van der Waals surface area contributed by atoms with Crippen molar-refractivity contribution in [3.63, 3.8) is 0 Å². The van der Waals surface area contributed by atoms with Gasteiger partial charge in [-0.25, -0.2) is 0 Å². The van der Waals surface area contributed by atoms with Crippen molar-refractivity contribution in [1.82, 2.24) is 0 Å². The summed E-state index contributed by atoms with van der Waals surface area (Å²) in [5.41, 5.74) is -0.328. The standard InChI is InChI=1S/C11H18O2/c1-2-9-5-7-11(13-8-9)6-3-4-10(11)12/h9H,2-8H2,1H3/t9-,11-/m0/s1. The molecule has 0 bridgehead atoms. The molecule has 13 heavy (non-hydrogen) atoms. The van der Waals surface area contributed by atoms with Crippen LogP contribution in [0.1, 0.15) is 45.4 Å². The molecule has 1 saturated heterocycles. The van der Waals surface area contributed by atoms with E-state index in [9.17, 15) is 4.79 Å². The fourth-order valence-corrected chi connectivity index (χ4v) is 2.51. The van der Waals surface area contributed by atoms with Crippen LogP contribution in [0.3, 0.4) is 0 Å². The van der Waals surface area contributed by atoms with Gasteiger partial charge in [0, 0.05) is 6.42 Å². The van der Waals surface area contributed by atoms with Gasteiger partial charge in [0.1, 0.15) is 5.60 Å². The third-order valence-electron chi connectivity index (χ3n) is 3.62. The van der Waals surface area contributed by atoms with Crippen molar-refractivity contribution in [1.29, 1.82) is 0 Å². The van der Waals surface area contributed by atoms with E-state index in [1.807, 2.05) is 0 Å². The molecule has 0 aromatic rings. The molecule has 1 saturated carbocycles. The second kappa shape index (κ2) is 3.41. The lowest BCUT2D eigenvalue weighted by atomic mass is 9.86. The lowest BCUT2D eigenvalue weighted by molar-refractivity contribution is -0.150. The molecule has 2 atom stereocenters. The second-order valence-corrected chi connectivity index (χ2v) is 4.39. The first-order valence-corrected chi connectivity index (χ1v) is 5.44. The number of carbonyl (C=O) groups excluding carboxylic acids is 1. The Kier molecular flexibility index (Phi) is 2.41. The fourth-order valence-electron chi connectivity index (χ4n) is 2.51. The van der Waals surface area contributed by atoms with Gasteiger partial charge >= 0.3 is 0 Å². The summed E-state index contributed by atoms with van der Waals surface area (Å²) >= 11 is 0. The van der Waals surface area contributed by atoms with Crippen molar-refractivity contribution in [2.45, 2.75) is 51.0 Å². The topological polar surface area (TPSA) is 26.3 Å². The number of Topliss-reactive ketones (excluding diaryl/α,β-unsaturated/α-hetero) is 1. The first-order chi connectivity index (χ1) is 6.27. The van der Waals surface area contributed by atoms with E-state index < -0.39 is 0 Å². The lowest BCUT2D eigenvalue weighted by Gasteiger charge is -2.35. The molecular weight excluding hydrogens is 164 g/mol. The number of rotatable bonds is 1. The van der Waals surface area contributed by atoms with E-state index in [0.717, 1.165) is 32.3 Å². The quantitative estimate of drug-likeness (QED) is 0.622. The summed E-state index contributed by atoms with van der Waals surface area (Å²) in [6.07, 6.45) is 6.10. The third-order valence-corrected chi connectivity index (χ3v) is 3.62. The molecule has 0 aromatic heterocycles. The smallest absolute Gasteiger partial charge is 0.164 e. The van der Waals surface area contributed by atoms with Crippen LogP contribution in [0.4, 0.5) is 0 Å². The highest BCUT2D eigenvalue weighted by molar-refractivity contribution is 5.89. The van der Waals surface area contributed by atoms with E-state index in [1.54, 1.807) is 0 Å². The molecule has 2 rings (SSSR count). The molecule has 74 valence electrons. The van der Waals surface area contributed by atoms with E-state index in [1.165, 1.54) is 12.8 Å². The van der Waals surface area contributed by atoms with Gasteiger partial charge in [-0.1, -0.05) is 13.3 Å². The first kappa shape index (κ1) is 9.20. The third kappa shape index (κ3) is 1.52. The molecule has 2 aliphatic rings. The van der Waals surface area contributed by atoms with Crippen LogP contribution in [0, 0.1) is 5.92 Å². The fraction of sp³-hybridized carbons (Fsp3) is 0.909. The number of hydrogen-bond donors (Lipinski definition) is 0. The molecule has 2 heteroatoms. The number of ketones is 1. The van der Waals surface area contributed by atoms with Crippen molar-refractivity contribution >= 4 is 5.78 Å². The molecule has 0 unspecified atom stereocenters. The first-order valence-electron chi connectivity index (χ1n) is 5.44. The van der Waals surface area contributed by atoms with Gasteiger partial charge in [-0.2, -0.15) is 0 Å². The summed E-state index contributed by atoms with van der Waals surface area (Å²) in [7, 11) is 0. The van der Waals surface area contributed by atoms with Crippen molar-refractivity contribution in [3.8, 4) is 0 Å². The van der Waals surface area contributed by atoms with Gasteiger partial charge in [-0.3, -0.25) is 4.79 Å². The Morgan fingerprint density at radius 1 is 1.54 bits per heavy atom. The largest absolute Gasteiger partial charge is 0.367 e. The molecule has 1 aliphatic heterocycles. The van der Waals surface area contributed by atoms with Gasteiger partial charge in [0.05, 0.1) is 6.61 Å². The van der Waals surface area contributed by atoms with E-state index >= 15 is 0 Å². The lowest BCUT2D eigenvalue weighted by Crippen LogP contribution is -2.42. The Hall–Kier alpha value is -0.370. The molecule has 1 spiro atoms. The van der Waals surface area contributed by atoms with E-state index in [2.05, 4.69) is 6.92 Å². The zero-order chi connectivity index (χ0) is 9.31. The number of carbonyl (C=O) groups is 1. The molecule has 1 aliphatic carbocycles. The molecule has 0 aromatic carbocycles. The van der Waals surface area contributed by atoms with Crippen LogP contribution in [-0.2, 0) is 9.53 Å². The molecule has 1 heterocycles. The van der Waals surface area contributed by atoms with Crippen LogP contribution in [-0.4, -0.2) is 18.0 Å². The highest BCUT2D eigenvalue weighted by Gasteiger charge is 2.45. The minimum Gasteiger partial charge on any atom is -0.367 e. The summed E-state index contributed by atoms with van der Waals surface area (Å²) < 4.78 is 5.79. The summed E-state index contributed by atoms with van der Waals surface area (Å²) in [6.45, 7) is 3.00. The van der Waals surface area contributed by atoms with E-state index in [0.29, 0.717) is 11.7 Å². The van der Waals surface area contributed by atoms with Crippen LogP contribution >= 0.6 is 0 Å². The minimum atomic E-state index is -0.328. The summed E-state index contributed by atoms with van der Waals surface area (Å²) in [5, 5.41) is 0. The number of hydrogen-bond acceptors (Lipinski definition) is 2. The van der Waals surface area contributed by atoms with E-state index in [-0.39, 0.29) is 5.60 Å². The van der Waals surface area contributed by atoms with Crippen molar-refractivity contribution in [2.24, 2.45) is 5.92 Å². The second-order valence-electron chi connectivity index (χ2n) is 4.39. The Bertz CT molecular complexity index is 202. The molecular formula is C11H18O2. The van der Waals surface area contributed by atoms with Crippen molar-refractivity contribution in [2.75, 3.05) is 6.61 Å². The Morgan fingerprint density at radius 3 is 2.85 bits per heavy atom. The van der Waals surface area contributed by atoms with Crippen LogP contribution in [0.25, 0.3) is 0 Å². The zero-order valence-electron chi connectivity index (χ0n) is 8.34. The molecule has 0 amide bonds. The molecule has 0 N–H and O–H groups in total. The van der Waals surface area contributed by atoms with Crippen LogP contribution < -0.4 is 0 Å². The zero-order valence-corrected chi connectivity index (χ0v) is 8.34. The Labute approximate surface area is 79.7 Å².